The normalized spacial score (nSPS) is 12.7. The van der Waals surface area contributed by atoms with Crippen LogP contribution >= 0.6 is 0 Å². The van der Waals surface area contributed by atoms with E-state index in [2.05, 4.69) is 5.32 Å². The van der Waals surface area contributed by atoms with Crippen molar-refractivity contribution in [1.29, 1.82) is 0 Å². The molecule has 1 atom stereocenters. The number of halogens is 2. The van der Waals surface area contributed by atoms with Crippen LogP contribution in [-0.4, -0.2) is 48.1 Å². The molecule has 0 saturated heterocycles. The van der Waals surface area contributed by atoms with Crippen molar-refractivity contribution in [2.75, 3.05) is 20.2 Å². The molecule has 0 aromatic heterocycles. The van der Waals surface area contributed by atoms with Gasteiger partial charge in [0.2, 0.25) is 5.91 Å². The van der Waals surface area contributed by atoms with Gasteiger partial charge in [-0.15, -0.1) is 0 Å². The van der Waals surface area contributed by atoms with E-state index in [4.69, 9.17) is 0 Å². The van der Waals surface area contributed by atoms with Crippen LogP contribution in [-0.2, 0) is 4.79 Å². The number of benzene rings is 1. The predicted molar refractivity (Wildman–Crippen MR) is 81.8 cm³/mol. The van der Waals surface area contributed by atoms with Gasteiger partial charge < -0.3 is 15.3 Å². The van der Waals surface area contributed by atoms with Gasteiger partial charge in [-0.05, 0) is 23.6 Å². The van der Waals surface area contributed by atoms with E-state index in [9.17, 15) is 23.5 Å². The van der Waals surface area contributed by atoms with Crippen molar-refractivity contribution in [2.45, 2.75) is 26.8 Å². The number of aliphatic hydroxyl groups is 1. The van der Waals surface area contributed by atoms with E-state index in [1.165, 1.54) is 11.9 Å². The summed E-state index contributed by atoms with van der Waals surface area (Å²) in [6.45, 7) is 5.15. The third-order valence-electron chi connectivity index (χ3n) is 3.62. The summed E-state index contributed by atoms with van der Waals surface area (Å²) < 4.78 is 25.9. The number of amides is 2. The van der Waals surface area contributed by atoms with Crippen LogP contribution in [0.4, 0.5) is 8.78 Å². The summed E-state index contributed by atoms with van der Waals surface area (Å²) in [6, 6.07) is 2.34. The highest BCUT2D eigenvalue weighted by atomic mass is 19.2. The van der Waals surface area contributed by atoms with Crippen molar-refractivity contribution in [3.05, 3.63) is 35.4 Å². The van der Waals surface area contributed by atoms with Crippen LogP contribution < -0.4 is 5.32 Å². The maximum absolute atomic E-state index is 13.1. The summed E-state index contributed by atoms with van der Waals surface area (Å²) in [5.41, 5.74) is -0.405. The Hall–Kier alpha value is -2.02. The van der Waals surface area contributed by atoms with Crippen LogP contribution in [0.1, 0.15) is 31.1 Å². The monoisotopic (exact) mass is 328 g/mol. The van der Waals surface area contributed by atoms with Crippen molar-refractivity contribution in [2.24, 2.45) is 5.41 Å². The van der Waals surface area contributed by atoms with Gasteiger partial charge in [0.25, 0.3) is 5.91 Å². The number of nitrogens with one attached hydrogen (secondary N) is 1. The van der Waals surface area contributed by atoms with Gasteiger partial charge in [0.15, 0.2) is 11.6 Å². The molecule has 7 heteroatoms. The Morgan fingerprint density at radius 2 is 1.87 bits per heavy atom. The van der Waals surface area contributed by atoms with Gasteiger partial charge in [-0.3, -0.25) is 9.59 Å². The van der Waals surface area contributed by atoms with E-state index in [-0.39, 0.29) is 24.1 Å². The summed E-state index contributed by atoms with van der Waals surface area (Å²) in [6.07, 6.45) is 0. The lowest BCUT2D eigenvalue weighted by Gasteiger charge is -2.36. The fourth-order valence-electron chi connectivity index (χ4n) is 2.17. The Morgan fingerprint density at radius 3 is 2.35 bits per heavy atom. The van der Waals surface area contributed by atoms with Crippen molar-refractivity contribution in [3.63, 3.8) is 0 Å². The fourth-order valence-corrected chi connectivity index (χ4v) is 2.17. The van der Waals surface area contributed by atoms with Crippen molar-refractivity contribution >= 4 is 11.8 Å². The number of hydrogen-bond donors (Lipinski definition) is 2. The molecular formula is C16H22F2N2O3. The van der Waals surface area contributed by atoms with Crippen LogP contribution in [0.3, 0.4) is 0 Å². The minimum absolute atomic E-state index is 0.0751. The van der Waals surface area contributed by atoms with Crippen LogP contribution in [0, 0.1) is 17.0 Å². The molecule has 0 unspecified atom stereocenters. The zero-order valence-corrected chi connectivity index (χ0v) is 13.7. The molecule has 1 aromatic carbocycles. The van der Waals surface area contributed by atoms with Gasteiger partial charge >= 0.3 is 0 Å². The van der Waals surface area contributed by atoms with Crippen molar-refractivity contribution in [3.8, 4) is 0 Å². The SMILES string of the molecule is CN(C(=O)CNC(=O)c1ccc(F)c(F)c1)[C@@H](CO)C(C)(C)C. The second-order valence-electron chi connectivity index (χ2n) is 6.38. The Bertz CT molecular complexity index is 585. The standard InChI is InChI=1S/C16H22F2N2O3/c1-16(2,3)13(9-21)20(4)14(22)8-19-15(23)10-5-6-11(17)12(18)7-10/h5-7,13,21H,8-9H2,1-4H3,(H,19,23)/t13-/m0/s1. The van der Waals surface area contributed by atoms with E-state index < -0.39 is 29.5 Å². The summed E-state index contributed by atoms with van der Waals surface area (Å²) in [5.74, 6) is -3.25. The quantitative estimate of drug-likeness (QED) is 0.862. The number of likely N-dealkylation sites (N-methyl/N-ethyl adjacent to an activating group) is 1. The topological polar surface area (TPSA) is 69.6 Å². The smallest absolute Gasteiger partial charge is 0.251 e. The van der Waals surface area contributed by atoms with Gasteiger partial charge in [-0.1, -0.05) is 20.8 Å². The van der Waals surface area contributed by atoms with E-state index in [1.54, 1.807) is 0 Å². The van der Waals surface area contributed by atoms with Crippen LogP contribution in [0.5, 0.6) is 0 Å². The van der Waals surface area contributed by atoms with Gasteiger partial charge in [0, 0.05) is 12.6 Å². The molecule has 0 aliphatic heterocycles. The lowest BCUT2D eigenvalue weighted by atomic mass is 9.86. The molecule has 0 spiro atoms. The molecule has 0 bridgehead atoms. The molecule has 1 aromatic rings. The zero-order chi connectivity index (χ0) is 17.8. The van der Waals surface area contributed by atoms with Gasteiger partial charge in [0.05, 0.1) is 19.2 Å². The molecule has 0 saturated carbocycles. The highest BCUT2D eigenvalue weighted by molar-refractivity contribution is 5.96. The maximum atomic E-state index is 13.1. The molecule has 128 valence electrons. The zero-order valence-electron chi connectivity index (χ0n) is 13.7. The number of nitrogens with zero attached hydrogens (tertiary/aromatic N) is 1. The van der Waals surface area contributed by atoms with Gasteiger partial charge in [-0.25, -0.2) is 8.78 Å². The summed E-state index contributed by atoms with van der Waals surface area (Å²) >= 11 is 0. The lowest BCUT2D eigenvalue weighted by Crippen LogP contribution is -2.50. The van der Waals surface area contributed by atoms with Crippen LogP contribution in [0.2, 0.25) is 0 Å². The minimum atomic E-state index is -1.13. The summed E-state index contributed by atoms with van der Waals surface area (Å²) in [5, 5.41) is 11.8. The molecule has 0 fully saturated rings. The summed E-state index contributed by atoms with van der Waals surface area (Å²) in [4.78, 5) is 25.3. The van der Waals surface area contributed by atoms with Crippen molar-refractivity contribution < 1.29 is 23.5 Å². The second kappa shape index (κ2) is 7.50. The molecule has 2 amide bonds. The molecule has 5 nitrogen and oxygen atoms in total. The first-order chi connectivity index (χ1) is 10.6. The molecule has 0 aliphatic rings. The summed E-state index contributed by atoms with van der Waals surface area (Å²) in [7, 11) is 1.54. The number of hydrogen-bond acceptors (Lipinski definition) is 3. The Kier molecular flexibility index (Phi) is 6.20. The number of carbonyl (C=O) groups excluding carboxylic acids is 2. The molecule has 23 heavy (non-hydrogen) atoms. The first-order valence-electron chi connectivity index (χ1n) is 7.17. The lowest BCUT2D eigenvalue weighted by molar-refractivity contribution is -0.134. The number of aliphatic hydroxyl groups excluding tert-OH is 1. The number of rotatable bonds is 5. The number of carbonyl (C=O) groups is 2. The maximum Gasteiger partial charge on any atom is 0.251 e. The third-order valence-corrected chi connectivity index (χ3v) is 3.62. The van der Waals surface area contributed by atoms with Crippen LogP contribution in [0.15, 0.2) is 18.2 Å². The minimum Gasteiger partial charge on any atom is -0.394 e. The molecule has 0 aliphatic carbocycles. The average molecular weight is 328 g/mol. The van der Waals surface area contributed by atoms with E-state index in [0.29, 0.717) is 0 Å². The molecule has 2 N–H and O–H groups in total. The Labute approximate surface area is 134 Å². The molecule has 1 rings (SSSR count). The first-order valence-corrected chi connectivity index (χ1v) is 7.17. The fraction of sp³-hybridized carbons (Fsp3) is 0.500. The first kappa shape index (κ1) is 19.0. The average Bonchev–Trinajstić information content (AvgIpc) is 2.46. The highest BCUT2D eigenvalue weighted by Crippen LogP contribution is 2.23. The van der Waals surface area contributed by atoms with Gasteiger partial charge in [-0.2, -0.15) is 0 Å². The van der Waals surface area contributed by atoms with Gasteiger partial charge in [0.1, 0.15) is 0 Å². The Balaban J connectivity index is 2.68. The van der Waals surface area contributed by atoms with E-state index in [1.807, 2.05) is 20.8 Å². The second-order valence-corrected chi connectivity index (χ2v) is 6.38. The van der Waals surface area contributed by atoms with E-state index in [0.717, 1.165) is 18.2 Å². The van der Waals surface area contributed by atoms with Crippen LogP contribution in [0.25, 0.3) is 0 Å². The third kappa shape index (κ3) is 4.99. The molecular weight excluding hydrogens is 306 g/mol. The highest BCUT2D eigenvalue weighted by Gasteiger charge is 2.30. The Morgan fingerprint density at radius 1 is 1.26 bits per heavy atom. The predicted octanol–water partition coefficient (Wildman–Crippen LogP) is 1.56. The van der Waals surface area contributed by atoms with E-state index >= 15 is 0 Å². The molecule has 0 radical (unpaired) electrons. The van der Waals surface area contributed by atoms with Crippen molar-refractivity contribution in [1.82, 2.24) is 10.2 Å². The largest absolute Gasteiger partial charge is 0.394 e. The molecule has 0 heterocycles.